The number of nitrogens with zero attached hydrogens (tertiary/aromatic N) is 3. The average molecular weight is 687 g/mol. The first kappa shape index (κ1) is 34.0. The largest absolute Gasteiger partial charge is 0.490 e. The van der Waals surface area contributed by atoms with Gasteiger partial charge in [-0.05, 0) is 58.0 Å². The number of carbonyl (C=O) groups is 2. The summed E-state index contributed by atoms with van der Waals surface area (Å²) >= 11 is 12.5. The van der Waals surface area contributed by atoms with E-state index < -0.39 is 29.6 Å². The lowest BCUT2D eigenvalue weighted by molar-refractivity contribution is 0.00688. The minimum Gasteiger partial charge on any atom is -0.490 e. The van der Waals surface area contributed by atoms with Gasteiger partial charge in [-0.2, -0.15) is 5.10 Å². The summed E-state index contributed by atoms with van der Waals surface area (Å²) < 4.78 is 39.1. The number of carbonyl (C=O) groups excluding carboxylic acids is 2. The fraction of sp³-hybridized carbons (Fsp3) is 0.324. The van der Waals surface area contributed by atoms with Crippen molar-refractivity contribution in [3.05, 3.63) is 93.5 Å². The highest BCUT2D eigenvalue weighted by Gasteiger charge is 2.30. The summed E-state index contributed by atoms with van der Waals surface area (Å²) in [4.78, 5) is 27.0. The number of aliphatic hydroxyl groups is 1. The molecular formula is C34H34Cl2FN3O7. The van der Waals surface area contributed by atoms with Crippen LogP contribution >= 0.6 is 23.2 Å². The molecule has 0 aliphatic carbocycles. The van der Waals surface area contributed by atoms with E-state index in [2.05, 4.69) is 5.10 Å². The summed E-state index contributed by atoms with van der Waals surface area (Å²) in [6.07, 6.45) is 1.58. The molecule has 13 heteroatoms. The lowest BCUT2D eigenvalue weighted by Crippen LogP contribution is -2.38. The van der Waals surface area contributed by atoms with Crippen LogP contribution < -0.4 is 14.4 Å². The smallest absolute Gasteiger partial charge is 0.414 e. The van der Waals surface area contributed by atoms with Crippen LogP contribution in [-0.2, 0) is 16.0 Å². The Balaban J connectivity index is 1.31. The van der Waals surface area contributed by atoms with Gasteiger partial charge in [0, 0.05) is 38.5 Å². The number of ether oxygens (including phenoxy) is 4. The summed E-state index contributed by atoms with van der Waals surface area (Å²) in [7, 11) is 0. The quantitative estimate of drug-likeness (QED) is 0.155. The van der Waals surface area contributed by atoms with Gasteiger partial charge < -0.3 is 24.1 Å². The number of halogens is 3. The third-order valence-electron chi connectivity index (χ3n) is 7.14. The van der Waals surface area contributed by atoms with Crippen LogP contribution in [0.25, 0.3) is 11.1 Å². The Bertz CT molecular complexity index is 1770. The Morgan fingerprint density at radius 1 is 1.11 bits per heavy atom. The number of esters is 1. The van der Waals surface area contributed by atoms with Crippen molar-refractivity contribution >= 4 is 41.0 Å². The molecule has 0 saturated carbocycles. The van der Waals surface area contributed by atoms with E-state index in [-0.39, 0.29) is 49.1 Å². The summed E-state index contributed by atoms with van der Waals surface area (Å²) in [5.74, 6) is -0.425. The summed E-state index contributed by atoms with van der Waals surface area (Å²) in [6, 6.07) is 13.0. The van der Waals surface area contributed by atoms with Crippen LogP contribution in [0.4, 0.5) is 14.9 Å². The maximum atomic E-state index is 15.1. The molecule has 3 aromatic carbocycles. The molecular weight excluding hydrogens is 652 g/mol. The normalized spacial score (nSPS) is 14.6. The van der Waals surface area contributed by atoms with Gasteiger partial charge in [0.1, 0.15) is 43.1 Å². The van der Waals surface area contributed by atoms with Gasteiger partial charge in [-0.25, -0.2) is 14.0 Å². The Labute approximate surface area is 281 Å². The second-order valence-corrected chi connectivity index (χ2v) is 12.7. The number of hydrogen-bond acceptors (Lipinski definition) is 8. The van der Waals surface area contributed by atoms with E-state index in [0.717, 1.165) is 11.6 Å². The van der Waals surface area contributed by atoms with Crippen LogP contribution in [0.15, 0.2) is 60.9 Å². The van der Waals surface area contributed by atoms with Crippen molar-refractivity contribution in [1.82, 2.24) is 9.78 Å². The van der Waals surface area contributed by atoms with E-state index in [9.17, 15) is 14.7 Å². The zero-order valence-corrected chi connectivity index (χ0v) is 27.8. The number of fused-ring (bicyclic) bond motifs is 1. The molecule has 2 heterocycles. The molecule has 0 spiro atoms. The van der Waals surface area contributed by atoms with Crippen molar-refractivity contribution in [3.8, 4) is 22.6 Å². The second kappa shape index (κ2) is 14.2. The highest BCUT2D eigenvalue weighted by atomic mass is 35.5. The fourth-order valence-corrected chi connectivity index (χ4v) is 5.33. The van der Waals surface area contributed by atoms with Gasteiger partial charge in [0.05, 0.1) is 30.5 Å². The SMILES string of the molecule is Cc1c(Cl)cccc1OCCOC(=O)N1CC(O)COc2c(-c3cnn(Cc4c(F)cc(C(=O)OC(C)(C)C)cc4Cl)c3)cccc21. The van der Waals surface area contributed by atoms with Crippen LogP contribution in [0, 0.1) is 12.7 Å². The lowest BCUT2D eigenvalue weighted by Gasteiger charge is -2.23. The number of β-amino-alcohol motifs (C(OH)–C–C–N with tert-alkyl or cyclic N) is 1. The number of para-hydroxylation sites is 1. The number of hydrogen-bond donors (Lipinski definition) is 1. The fourth-order valence-electron chi connectivity index (χ4n) is 4.89. The van der Waals surface area contributed by atoms with Gasteiger partial charge in [0.2, 0.25) is 0 Å². The molecule has 1 aliphatic heterocycles. The van der Waals surface area contributed by atoms with Gasteiger partial charge in [-0.15, -0.1) is 0 Å². The highest BCUT2D eigenvalue weighted by Crippen LogP contribution is 2.40. The van der Waals surface area contributed by atoms with E-state index in [1.54, 1.807) is 69.6 Å². The van der Waals surface area contributed by atoms with E-state index in [1.165, 1.54) is 15.6 Å². The molecule has 10 nitrogen and oxygen atoms in total. The van der Waals surface area contributed by atoms with E-state index in [0.29, 0.717) is 33.3 Å². The molecule has 47 heavy (non-hydrogen) atoms. The Kier molecular flexibility index (Phi) is 10.3. The van der Waals surface area contributed by atoms with Crippen molar-refractivity contribution in [2.24, 2.45) is 0 Å². The van der Waals surface area contributed by atoms with Crippen LogP contribution in [0.2, 0.25) is 10.0 Å². The van der Waals surface area contributed by atoms with Crippen LogP contribution in [0.3, 0.4) is 0 Å². The molecule has 5 rings (SSSR count). The van der Waals surface area contributed by atoms with E-state index >= 15 is 4.39 Å². The summed E-state index contributed by atoms with van der Waals surface area (Å²) in [5.41, 5.74) is 1.78. The molecule has 1 aliphatic rings. The van der Waals surface area contributed by atoms with Gasteiger partial charge >= 0.3 is 12.1 Å². The van der Waals surface area contributed by atoms with Crippen molar-refractivity contribution < 1.29 is 38.0 Å². The zero-order valence-electron chi connectivity index (χ0n) is 26.3. The maximum absolute atomic E-state index is 15.1. The van der Waals surface area contributed by atoms with Gasteiger partial charge in [-0.3, -0.25) is 9.58 Å². The minimum atomic E-state index is -0.982. The maximum Gasteiger partial charge on any atom is 0.414 e. The van der Waals surface area contributed by atoms with E-state index in [4.69, 9.17) is 42.1 Å². The van der Waals surface area contributed by atoms with E-state index in [1.807, 2.05) is 6.92 Å². The van der Waals surface area contributed by atoms with Gasteiger partial charge in [0.15, 0.2) is 5.75 Å². The number of anilines is 1. The van der Waals surface area contributed by atoms with Gasteiger partial charge in [0.25, 0.3) is 0 Å². The van der Waals surface area contributed by atoms with Crippen molar-refractivity contribution in [1.29, 1.82) is 0 Å². The lowest BCUT2D eigenvalue weighted by atomic mass is 10.1. The highest BCUT2D eigenvalue weighted by molar-refractivity contribution is 6.32. The predicted molar refractivity (Wildman–Crippen MR) is 175 cm³/mol. The number of amides is 1. The van der Waals surface area contributed by atoms with Crippen molar-refractivity contribution in [2.45, 2.75) is 45.9 Å². The molecule has 0 bridgehead atoms. The molecule has 248 valence electrons. The van der Waals surface area contributed by atoms with Gasteiger partial charge in [-0.1, -0.05) is 41.4 Å². The van der Waals surface area contributed by atoms with Crippen LogP contribution in [-0.4, -0.2) is 65.0 Å². The van der Waals surface area contributed by atoms with Crippen molar-refractivity contribution in [2.75, 3.05) is 31.3 Å². The number of benzene rings is 3. The predicted octanol–water partition coefficient (Wildman–Crippen LogP) is 7.08. The Morgan fingerprint density at radius 2 is 1.87 bits per heavy atom. The monoisotopic (exact) mass is 685 g/mol. The molecule has 1 aromatic heterocycles. The average Bonchev–Trinajstić information content (AvgIpc) is 3.40. The first-order chi connectivity index (χ1) is 22.3. The van der Waals surface area contributed by atoms with Crippen molar-refractivity contribution in [3.63, 3.8) is 0 Å². The molecule has 1 N–H and O–H groups in total. The number of aliphatic hydroxyl groups excluding tert-OH is 1. The second-order valence-electron chi connectivity index (χ2n) is 11.9. The topological polar surface area (TPSA) is 112 Å². The Morgan fingerprint density at radius 3 is 2.62 bits per heavy atom. The molecule has 0 radical (unpaired) electrons. The summed E-state index contributed by atoms with van der Waals surface area (Å²) in [5, 5.41) is 15.5. The number of rotatable bonds is 8. The standard InChI is InChI=1S/C34H34Cl2FN3O7/c1-20-26(35)8-6-10-30(20)44-11-12-45-33(43)40-17-23(41)19-46-31-24(7-5-9-29(31)40)22-15-38-39(16-22)18-25-27(36)13-21(14-28(25)37)32(42)47-34(2,3)4/h5-10,13-16,23,41H,11-12,17-19H2,1-4H3. The first-order valence-corrected chi connectivity index (χ1v) is 15.6. The molecule has 1 unspecified atom stereocenters. The zero-order chi connectivity index (χ0) is 33.9. The Hall–Kier alpha value is -4.32. The van der Waals surface area contributed by atoms with Crippen LogP contribution in [0.1, 0.15) is 42.3 Å². The molecule has 0 fully saturated rings. The third kappa shape index (κ3) is 8.16. The molecule has 1 atom stereocenters. The molecule has 0 saturated heterocycles. The number of aromatic nitrogens is 2. The summed E-state index contributed by atoms with van der Waals surface area (Å²) in [6.45, 7) is 6.90. The molecule has 4 aromatic rings. The molecule has 1 amide bonds. The third-order valence-corrected chi connectivity index (χ3v) is 7.89. The first-order valence-electron chi connectivity index (χ1n) is 14.8. The van der Waals surface area contributed by atoms with Crippen LogP contribution in [0.5, 0.6) is 11.5 Å². The minimum absolute atomic E-state index is 0.00505.